The lowest BCUT2D eigenvalue weighted by Gasteiger charge is -2.34. The number of urea groups is 1. The minimum atomic E-state index is -4.34. The molecule has 0 bridgehead atoms. The maximum atomic E-state index is 12.8. The molecule has 3 amide bonds. The van der Waals surface area contributed by atoms with Crippen molar-refractivity contribution in [3.8, 4) is 0 Å². The molecule has 144 valence electrons. The fourth-order valence-electron chi connectivity index (χ4n) is 2.78. The molecule has 1 aromatic carbocycles. The molecule has 1 aliphatic heterocycles. The fraction of sp³-hybridized carbons (Fsp3) is 0.529. The summed E-state index contributed by atoms with van der Waals surface area (Å²) in [6.45, 7) is 5.26. The van der Waals surface area contributed by atoms with Crippen molar-refractivity contribution < 1.29 is 22.8 Å². The number of amides is 3. The van der Waals surface area contributed by atoms with E-state index < -0.39 is 17.8 Å². The zero-order chi connectivity index (χ0) is 19.2. The Morgan fingerprint density at radius 1 is 1.12 bits per heavy atom. The maximum Gasteiger partial charge on any atom is 0.416 e. The van der Waals surface area contributed by atoms with Crippen LogP contribution in [0.4, 0.5) is 18.0 Å². The first-order valence-electron chi connectivity index (χ1n) is 8.46. The van der Waals surface area contributed by atoms with Gasteiger partial charge in [0.1, 0.15) is 0 Å². The van der Waals surface area contributed by atoms with Gasteiger partial charge in [0.25, 0.3) is 0 Å². The Balaban J connectivity index is 1.78. The van der Waals surface area contributed by atoms with E-state index in [-0.39, 0.29) is 12.5 Å². The smallest absolute Gasteiger partial charge is 0.338 e. The monoisotopic (exact) mass is 372 g/mol. The van der Waals surface area contributed by atoms with Crippen LogP contribution in [0.3, 0.4) is 0 Å². The van der Waals surface area contributed by atoms with Crippen LogP contribution >= 0.6 is 0 Å². The first-order valence-corrected chi connectivity index (χ1v) is 8.46. The van der Waals surface area contributed by atoms with Gasteiger partial charge in [0.05, 0.1) is 12.1 Å². The number of carbonyl (C=O) groups is 2. The molecule has 26 heavy (non-hydrogen) atoms. The summed E-state index contributed by atoms with van der Waals surface area (Å²) < 4.78 is 38.3. The first kappa shape index (κ1) is 20.2. The van der Waals surface area contributed by atoms with Gasteiger partial charge in [-0.3, -0.25) is 19.9 Å². The molecule has 0 radical (unpaired) electrons. The molecule has 2 N–H and O–H groups in total. The number of carbonyl (C=O) groups excluding carboxylic acids is 2. The Hall–Kier alpha value is -2.13. The molecule has 0 unspecified atom stereocenters. The molecular weight excluding hydrogens is 349 g/mol. The summed E-state index contributed by atoms with van der Waals surface area (Å²) in [6.07, 6.45) is -4.34. The second kappa shape index (κ2) is 9.00. The van der Waals surface area contributed by atoms with E-state index in [9.17, 15) is 22.8 Å². The second-order valence-electron chi connectivity index (χ2n) is 6.16. The third-order valence-electron chi connectivity index (χ3n) is 4.08. The van der Waals surface area contributed by atoms with Crippen molar-refractivity contribution >= 4 is 11.9 Å². The van der Waals surface area contributed by atoms with Crippen molar-refractivity contribution in [2.45, 2.75) is 19.6 Å². The highest BCUT2D eigenvalue weighted by Crippen LogP contribution is 2.29. The molecule has 1 aromatic rings. The third-order valence-corrected chi connectivity index (χ3v) is 4.08. The van der Waals surface area contributed by atoms with Crippen LogP contribution in [0.15, 0.2) is 24.3 Å². The number of nitrogens with one attached hydrogen (secondary N) is 2. The van der Waals surface area contributed by atoms with Gasteiger partial charge in [-0.2, -0.15) is 13.2 Å². The van der Waals surface area contributed by atoms with E-state index in [1.165, 1.54) is 12.1 Å². The van der Waals surface area contributed by atoms with Crippen molar-refractivity contribution in [3.05, 3.63) is 35.4 Å². The van der Waals surface area contributed by atoms with Gasteiger partial charge >= 0.3 is 12.2 Å². The molecule has 2 rings (SSSR count). The predicted molar refractivity (Wildman–Crippen MR) is 90.4 cm³/mol. The highest BCUT2D eigenvalue weighted by molar-refractivity contribution is 5.95. The molecule has 0 aliphatic carbocycles. The van der Waals surface area contributed by atoms with Gasteiger partial charge < -0.3 is 5.32 Å². The Bertz CT molecular complexity index is 629. The zero-order valence-electron chi connectivity index (χ0n) is 14.6. The van der Waals surface area contributed by atoms with Gasteiger partial charge in [-0.15, -0.1) is 0 Å². The molecule has 1 saturated heterocycles. The molecule has 1 aliphatic rings. The van der Waals surface area contributed by atoms with Crippen molar-refractivity contribution in [2.24, 2.45) is 0 Å². The largest absolute Gasteiger partial charge is 0.416 e. The van der Waals surface area contributed by atoms with Crippen molar-refractivity contribution in [2.75, 3.05) is 39.3 Å². The number of rotatable bonds is 5. The summed E-state index contributed by atoms with van der Waals surface area (Å²) >= 11 is 0. The minimum absolute atomic E-state index is 0.120. The van der Waals surface area contributed by atoms with Crippen molar-refractivity contribution in [3.63, 3.8) is 0 Å². The summed E-state index contributed by atoms with van der Waals surface area (Å²) in [5, 5.41) is 4.73. The van der Waals surface area contributed by atoms with E-state index in [2.05, 4.69) is 10.6 Å². The van der Waals surface area contributed by atoms with Gasteiger partial charge in [-0.05, 0) is 18.6 Å². The van der Waals surface area contributed by atoms with E-state index in [0.717, 1.165) is 6.07 Å². The van der Waals surface area contributed by atoms with Crippen LogP contribution in [-0.4, -0.2) is 61.0 Å². The lowest BCUT2D eigenvalue weighted by molar-refractivity contribution is -0.137. The van der Waals surface area contributed by atoms with Gasteiger partial charge in [0, 0.05) is 39.3 Å². The van der Waals surface area contributed by atoms with Crippen LogP contribution < -0.4 is 10.6 Å². The average Bonchev–Trinajstić information content (AvgIpc) is 2.56. The number of nitrogens with zero attached hydrogens (tertiary/aromatic N) is 2. The third kappa shape index (κ3) is 6.30. The summed E-state index contributed by atoms with van der Waals surface area (Å²) in [7, 11) is 0. The number of hydrogen-bond donors (Lipinski definition) is 2. The summed E-state index contributed by atoms with van der Waals surface area (Å²) in [6, 6.07) is 4.82. The SMILES string of the molecule is CCNC(=O)NC(=O)CN1CCN(Cc2cccc(C(F)(F)F)c2)CC1. The summed E-state index contributed by atoms with van der Waals surface area (Å²) in [4.78, 5) is 27.0. The van der Waals surface area contributed by atoms with Crippen LogP contribution in [-0.2, 0) is 17.5 Å². The average molecular weight is 372 g/mol. The Kier molecular flexibility index (Phi) is 6.98. The van der Waals surface area contributed by atoms with E-state index >= 15 is 0 Å². The number of alkyl halides is 3. The summed E-state index contributed by atoms with van der Waals surface area (Å²) in [5.41, 5.74) is -0.0297. The van der Waals surface area contributed by atoms with E-state index in [4.69, 9.17) is 0 Å². The Morgan fingerprint density at radius 2 is 1.77 bits per heavy atom. The highest BCUT2D eigenvalue weighted by Gasteiger charge is 2.30. The van der Waals surface area contributed by atoms with Crippen LogP contribution in [0.1, 0.15) is 18.1 Å². The van der Waals surface area contributed by atoms with Gasteiger partial charge in [0.15, 0.2) is 0 Å². The molecular formula is C17H23F3N4O2. The van der Waals surface area contributed by atoms with Crippen molar-refractivity contribution in [1.82, 2.24) is 20.4 Å². The second-order valence-corrected chi connectivity index (χ2v) is 6.16. The van der Waals surface area contributed by atoms with Gasteiger partial charge in [-0.25, -0.2) is 4.79 Å². The van der Waals surface area contributed by atoms with E-state index in [0.29, 0.717) is 44.8 Å². The van der Waals surface area contributed by atoms with E-state index in [1.807, 2.05) is 9.80 Å². The zero-order valence-corrected chi connectivity index (χ0v) is 14.6. The summed E-state index contributed by atoms with van der Waals surface area (Å²) in [5.74, 6) is -0.373. The lowest BCUT2D eigenvalue weighted by atomic mass is 10.1. The maximum absolute atomic E-state index is 12.8. The fourth-order valence-corrected chi connectivity index (χ4v) is 2.78. The Labute approximate surface area is 150 Å². The number of hydrogen-bond acceptors (Lipinski definition) is 4. The topological polar surface area (TPSA) is 64.7 Å². The first-order chi connectivity index (χ1) is 12.3. The Morgan fingerprint density at radius 3 is 2.38 bits per heavy atom. The predicted octanol–water partition coefficient (Wildman–Crippen LogP) is 1.67. The standard InChI is InChI=1S/C17H23F3N4O2/c1-2-21-16(26)22-15(25)12-24-8-6-23(7-9-24)11-13-4-3-5-14(10-13)17(18,19)20/h3-5,10H,2,6-9,11-12H2,1H3,(H2,21,22,25,26). The number of imide groups is 1. The molecule has 0 aromatic heterocycles. The molecule has 1 heterocycles. The molecule has 1 fully saturated rings. The van der Waals surface area contributed by atoms with Gasteiger partial charge in [0.2, 0.25) is 5.91 Å². The molecule has 0 spiro atoms. The number of piperazine rings is 1. The normalized spacial score (nSPS) is 16.3. The van der Waals surface area contributed by atoms with Gasteiger partial charge in [-0.1, -0.05) is 18.2 Å². The van der Waals surface area contributed by atoms with Crippen molar-refractivity contribution in [1.29, 1.82) is 0 Å². The molecule has 9 heteroatoms. The van der Waals surface area contributed by atoms with Crippen LogP contribution in [0.25, 0.3) is 0 Å². The highest BCUT2D eigenvalue weighted by atomic mass is 19.4. The molecule has 0 atom stereocenters. The molecule has 6 nitrogen and oxygen atoms in total. The van der Waals surface area contributed by atoms with Crippen LogP contribution in [0.5, 0.6) is 0 Å². The van der Waals surface area contributed by atoms with E-state index in [1.54, 1.807) is 13.0 Å². The quantitative estimate of drug-likeness (QED) is 0.825. The number of halogens is 3. The molecule has 0 saturated carbocycles. The van der Waals surface area contributed by atoms with Crippen LogP contribution in [0, 0.1) is 0 Å². The van der Waals surface area contributed by atoms with Crippen LogP contribution in [0.2, 0.25) is 0 Å². The minimum Gasteiger partial charge on any atom is -0.338 e. The number of benzene rings is 1. The lowest BCUT2D eigenvalue weighted by Crippen LogP contribution is -2.50.